The summed E-state index contributed by atoms with van der Waals surface area (Å²) >= 11 is 3.50. The van der Waals surface area contributed by atoms with Crippen LogP contribution in [-0.4, -0.2) is 16.3 Å². The van der Waals surface area contributed by atoms with Crippen molar-refractivity contribution in [2.75, 3.05) is 6.54 Å². The van der Waals surface area contributed by atoms with Crippen LogP contribution in [0.4, 0.5) is 0 Å². The highest BCUT2D eigenvalue weighted by molar-refractivity contribution is 9.10. The lowest BCUT2D eigenvalue weighted by atomic mass is 10.2. The largest absolute Gasteiger partial charge is 0.454 e. The van der Waals surface area contributed by atoms with E-state index in [1.54, 1.807) is 6.20 Å². The molecule has 0 saturated carbocycles. The molecule has 0 radical (unpaired) electrons. The number of aromatic nitrogens is 2. The summed E-state index contributed by atoms with van der Waals surface area (Å²) in [4.78, 5) is 0. The smallest absolute Gasteiger partial charge is 0.165 e. The molecule has 0 unspecified atom stereocenters. The second-order valence-corrected chi connectivity index (χ2v) is 6.33. The van der Waals surface area contributed by atoms with Gasteiger partial charge in [0, 0.05) is 23.1 Å². The van der Waals surface area contributed by atoms with Gasteiger partial charge in [-0.3, -0.25) is 4.68 Å². The zero-order chi connectivity index (χ0) is 15.2. The molecule has 5 heteroatoms. The molecule has 0 saturated heterocycles. The van der Waals surface area contributed by atoms with E-state index in [9.17, 15) is 0 Å². The molecule has 2 aromatic rings. The monoisotopic (exact) mass is 351 g/mol. The van der Waals surface area contributed by atoms with Crippen molar-refractivity contribution in [3.05, 3.63) is 40.6 Å². The normalized spacial score (nSPS) is 11.1. The van der Waals surface area contributed by atoms with Gasteiger partial charge in [-0.15, -0.1) is 0 Å². The summed E-state index contributed by atoms with van der Waals surface area (Å²) in [6.07, 6.45) is 3.65. The van der Waals surface area contributed by atoms with E-state index in [0.717, 1.165) is 41.2 Å². The van der Waals surface area contributed by atoms with Crippen molar-refractivity contribution in [2.24, 2.45) is 5.92 Å². The fraction of sp³-hybridized carbons (Fsp3) is 0.438. The van der Waals surface area contributed by atoms with Gasteiger partial charge in [0.1, 0.15) is 5.75 Å². The average molecular weight is 352 g/mol. The van der Waals surface area contributed by atoms with Crippen LogP contribution in [0.3, 0.4) is 0 Å². The zero-order valence-electron chi connectivity index (χ0n) is 12.8. The highest BCUT2D eigenvalue weighted by Crippen LogP contribution is 2.28. The first kappa shape index (κ1) is 16.0. The summed E-state index contributed by atoms with van der Waals surface area (Å²) in [5.74, 6) is 2.25. The molecule has 0 aliphatic heterocycles. The summed E-state index contributed by atoms with van der Waals surface area (Å²) in [6.45, 7) is 9.07. The maximum atomic E-state index is 5.98. The van der Waals surface area contributed by atoms with Gasteiger partial charge >= 0.3 is 0 Å². The summed E-state index contributed by atoms with van der Waals surface area (Å²) in [5, 5.41) is 7.68. The SMILES string of the molecule is CCn1cc(Oc2cc(Br)ccc2CNCC(C)C)cn1. The molecule has 1 heterocycles. The Hall–Kier alpha value is -1.33. The van der Waals surface area contributed by atoms with Gasteiger partial charge in [-0.05, 0) is 31.5 Å². The van der Waals surface area contributed by atoms with E-state index in [1.807, 2.05) is 23.0 Å². The van der Waals surface area contributed by atoms with Crippen LogP contribution >= 0.6 is 15.9 Å². The highest BCUT2D eigenvalue weighted by atomic mass is 79.9. The first-order chi connectivity index (χ1) is 10.1. The third-order valence-corrected chi connectivity index (χ3v) is 3.55. The topological polar surface area (TPSA) is 39.1 Å². The Morgan fingerprint density at radius 3 is 2.86 bits per heavy atom. The molecule has 1 N–H and O–H groups in total. The third kappa shape index (κ3) is 4.86. The Morgan fingerprint density at radius 1 is 1.38 bits per heavy atom. The van der Waals surface area contributed by atoms with Gasteiger partial charge in [-0.25, -0.2) is 0 Å². The number of aryl methyl sites for hydroxylation is 1. The first-order valence-corrected chi connectivity index (χ1v) is 8.07. The standard InChI is InChI=1S/C16H22BrN3O/c1-4-20-11-15(10-19-20)21-16-7-14(17)6-5-13(16)9-18-8-12(2)3/h5-7,10-12,18H,4,8-9H2,1-3H3. The lowest BCUT2D eigenvalue weighted by molar-refractivity contribution is 0.467. The summed E-state index contributed by atoms with van der Waals surface area (Å²) in [6, 6.07) is 6.11. The molecule has 1 aromatic heterocycles. The van der Waals surface area contributed by atoms with Crippen LogP contribution in [-0.2, 0) is 13.1 Å². The minimum absolute atomic E-state index is 0.632. The number of halogens is 1. The minimum atomic E-state index is 0.632. The molecule has 0 aliphatic carbocycles. The van der Waals surface area contributed by atoms with Crippen LogP contribution in [0.15, 0.2) is 35.1 Å². The van der Waals surface area contributed by atoms with Gasteiger partial charge < -0.3 is 10.1 Å². The molecular weight excluding hydrogens is 330 g/mol. The number of nitrogens with one attached hydrogen (secondary N) is 1. The summed E-state index contributed by atoms with van der Waals surface area (Å²) in [7, 11) is 0. The third-order valence-electron chi connectivity index (χ3n) is 3.06. The molecule has 114 valence electrons. The molecule has 0 atom stereocenters. The van der Waals surface area contributed by atoms with Crippen LogP contribution in [0.5, 0.6) is 11.5 Å². The zero-order valence-corrected chi connectivity index (χ0v) is 14.4. The highest BCUT2D eigenvalue weighted by Gasteiger charge is 2.08. The molecule has 0 fully saturated rings. The predicted molar refractivity (Wildman–Crippen MR) is 88.7 cm³/mol. The van der Waals surface area contributed by atoms with Crippen molar-refractivity contribution in [3.63, 3.8) is 0 Å². The van der Waals surface area contributed by atoms with Gasteiger partial charge in [0.15, 0.2) is 5.75 Å². The van der Waals surface area contributed by atoms with E-state index >= 15 is 0 Å². The van der Waals surface area contributed by atoms with E-state index in [4.69, 9.17) is 4.74 Å². The number of ether oxygens (including phenoxy) is 1. The second-order valence-electron chi connectivity index (χ2n) is 5.41. The minimum Gasteiger partial charge on any atom is -0.454 e. The molecule has 1 aromatic carbocycles. The van der Waals surface area contributed by atoms with Crippen molar-refractivity contribution in [3.8, 4) is 11.5 Å². The second kappa shape index (κ2) is 7.61. The van der Waals surface area contributed by atoms with E-state index in [2.05, 4.69) is 53.2 Å². The lowest BCUT2D eigenvalue weighted by Gasteiger charge is -2.12. The fourth-order valence-electron chi connectivity index (χ4n) is 1.96. The maximum Gasteiger partial charge on any atom is 0.165 e. The van der Waals surface area contributed by atoms with E-state index in [1.165, 1.54) is 0 Å². The number of rotatable bonds is 7. The molecule has 21 heavy (non-hydrogen) atoms. The molecule has 0 spiro atoms. The molecule has 0 bridgehead atoms. The Kier molecular flexibility index (Phi) is 5.82. The Morgan fingerprint density at radius 2 is 2.19 bits per heavy atom. The van der Waals surface area contributed by atoms with Gasteiger partial charge in [0.2, 0.25) is 0 Å². The van der Waals surface area contributed by atoms with Crippen LogP contribution in [0.2, 0.25) is 0 Å². The van der Waals surface area contributed by atoms with Crippen LogP contribution in [0, 0.1) is 5.92 Å². The molecule has 0 amide bonds. The summed E-state index contributed by atoms with van der Waals surface area (Å²) < 4.78 is 8.84. The first-order valence-electron chi connectivity index (χ1n) is 7.28. The van der Waals surface area contributed by atoms with Crippen LogP contribution in [0.1, 0.15) is 26.3 Å². The molecule has 0 aliphatic rings. The van der Waals surface area contributed by atoms with Crippen molar-refractivity contribution in [2.45, 2.75) is 33.9 Å². The van der Waals surface area contributed by atoms with Gasteiger partial charge in [0.25, 0.3) is 0 Å². The van der Waals surface area contributed by atoms with E-state index in [0.29, 0.717) is 5.92 Å². The van der Waals surface area contributed by atoms with E-state index in [-0.39, 0.29) is 0 Å². The molecule has 4 nitrogen and oxygen atoms in total. The Balaban J connectivity index is 2.10. The number of benzene rings is 1. The Labute approximate surface area is 134 Å². The van der Waals surface area contributed by atoms with Crippen LogP contribution in [0.25, 0.3) is 0 Å². The number of hydrogen-bond acceptors (Lipinski definition) is 3. The van der Waals surface area contributed by atoms with Crippen molar-refractivity contribution >= 4 is 15.9 Å². The van der Waals surface area contributed by atoms with Gasteiger partial charge in [-0.2, -0.15) is 5.10 Å². The quantitative estimate of drug-likeness (QED) is 0.812. The number of hydrogen-bond donors (Lipinski definition) is 1. The fourth-order valence-corrected chi connectivity index (χ4v) is 2.30. The van der Waals surface area contributed by atoms with Crippen molar-refractivity contribution < 1.29 is 4.74 Å². The molecule has 2 rings (SSSR count). The van der Waals surface area contributed by atoms with E-state index < -0.39 is 0 Å². The predicted octanol–water partition coefficient (Wildman–Crippen LogP) is 4.20. The maximum absolute atomic E-state index is 5.98. The lowest BCUT2D eigenvalue weighted by Crippen LogP contribution is -2.19. The summed E-state index contributed by atoms with van der Waals surface area (Å²) in [5.41, 5.74) is 1.14. The number of nitrogens with zero attached hydrogens (tertiary/aromatic N) is 2. The van der Waals surface area contributed by atoms with Gasteiger partial charge in [-0.1, -0.05) is 35.8 Å². The van der Waals surface area contributed by atoms with Crippen LogP contribution < -0.4 is 10.1 Å². The van der Waals surface area contributed by atoms with Crippen molar-refractivity contribution in [1.82, 2.24) is 15.1 Å². The molecular formula is C16H22BrN3O. The Bertz CT molecular complexity index is 581. The van der Waals surface area contributed by atoms with Crippen molar-refractivity contribution in [1.29, 1.82) is 0 Å². The average Bonchev–Trinajstić information content (AvgIpc) is 2.88. The van der Waals surface area contributed by atoms with Gasteiger partial charge in [0.05, 0.1) is 12.4 Å².